The molecule has 1 aromatic rings. The first-order chi connectivity index (χ1) is 11.5. The van der Waals surface area contributed by atoms with Gasteiger partial charge in [-0.1, -0.05) is 28.9 Å². The molecule has 2 aliphatic heterocycles. The second kappa shape index (κ2) is 7.68. The van der Waals surface area contributed by atoms with Crippen molar-refractivity contribution in [2.45, 2.75) is 32.6 Å². The lowest BCUT2D eigenvalue weighted by Crippen LogP contribution is -2.47. The van der Waals surface area contributed by atoms with Crippen LogP contribution in [-0.4, -0.2) is 47.8 Å². The van der Waals surface area contributed by atoms with Gasteiger partial charge in [0.2, 0.25) is 5.91 Å². The van der Waals surface area contributed by atoms with Gasteiger partial charge in [-0.2, -0.15) is 0 Å². The first-order valence-electron chi connectivity index (χ1n) is 8.88. The predicted octanol–water partition coefficient (Wildman–Crippen LogP) is 3.56. The zero-order valence-electron chi connectivity index (χ0n) is 14.2. The SMILES string of the molecule is CC1CCCN(C(=O)C2CCN(C(=O)c3cccc(Br)c3)CC2)C1. The van der Waals surface area contributed by atoms with E-state index in [0.717, 1.165) is 36.8 Å². The Kier molecular flexibility index (Phi) is 5.59. The van der Waals surface area contributed by atoms with Crippen LogP contribution in [0.15, 0.2) is 28.7 Å². The molecule has 0 N–H and O–H groups in total. The van der Waals surface area contributed by atoms with E-state index in [-0.39, 0.29) is 11.8 Å². The summed E-state index contributed by atoms with van der Waals surface area (Å²) in [5, 5.41) is 0. The number of piperidine rings is 2. The van der Waals surface area contributed by atoms with Crippen LogP contribution in [0, 0.1) is 11.8 Å². The molecular formula is C19H25BrN2O2. The monoisotopic (exact) mass is 392 g/mol. The lowest BCUT2D eigenvalue weighted by atomic mass is 9.92. The van der Waals surface area contributed by atoms with E-state index in [2.05, 4.69) is 22.9 Å². The Morgan fingerprint density at radius 2 is 1.83 bits per heavy atom. The number of halogens is 1. The summed E-state index contributed by atoms with van der Waals surface area (Å²) < 4.78 is 0.914. The van der Waals surface area contributed by atoms with Crippen LogP contribution in [-0.2, 0) is 4.79 Å². The number of carbonyl (C=O) groups excluding carboxylic acids is 2. The van der Waals surface area contributed by atoms with E-state index in [1.165, 1.54) is 6.42 Å². The van der Waals surface area contributed by atoms with E-state index in [0.29, 0.717) is 30.5 Å². The lowest BCUT2D eigenvalue weighted by molar-refractivity contribution is -0.138. The van der Waals surface area contributed by atoms with E-state index < -0.39 is 0 Å². The summed E-state index contributed by atoms with van der Waals surface area (Å²) in [6.07, 6.45) is 3.91. The molecule has 130 valence electrons. The Bertz CT molecular complexity index is 611. The highest BCUT2D eigenvalue weighted by atomic mass is 79.9. The zero-order valence-corrected chi connectivity index (χ0v) is 15.8. The van der Waals surface area contributed by atoms with Crippen LogP contribution in [0.1, 0.15) is 43.0 Å². The van der Waals surface area contributed by atoms with Crippen molar-refractivity contribution >= 4 is 27.7 Å². The molecule has 0 spiro atoms. The van der Waals surface area contributed by atoms with E-state index >= 15 is 0 Å². The third kappa shape index (κ3) is 4.00. The lowest BCUT2D eigenvalue weighted by Gasteiger charge is -2.37. The summed E-state index contributed by atoms with van der Waals surface area (Å²) in [6.45, 7) is 5.37. The number of likely N-dealkylation sites (tertiary alicyclic amines) is 2. The molecule has 1 unspecified atom stereocenters. The van der Waals surface area contributed by atoms with Crippen LogP contribution in [0.5, 0.6) is 0 Å². The van der Waals surface area contributed by atoms with Crippen LogP contribution in [0.3, 0.4) is 0 Å². The van der Waals surface area contributed by atoms with E-state index in [1.807, 2.05) is 34.1 Å². The van der Waals surface area contributed by atoms with Crippen LogP contribution in [0.2, 0.25) is 0 Å². The van der Waals surface area contributed by atoms with Gasteiger partial charge in [-0.3, -0.25) is 9.59 Å². The number of hydrogen-bond acceptors (Lipinski definition) is 2. The molecule has 0 aliphatic carbocycles. The summed E-state index contributed by atoms with van der Waals surface area (Å²) in [4.78, 5) is 29.2. The minimum Gasteiger partial charge on any atom is -0.342 e. The molecule has 3 rings (SSSR count). The van der Waals surface area contributed by atoms with Gasteiger partial charge in [0.25, 0.3) is 5.91 Å². The van der Waals surface area contributed by atoms with Crippen molar-refractivity contribution in [3.8, 4) is 0 Å². The van der Waals surface area contributed by atoms with E-state index in [1.54, 1.807) is 0 Å². The molecule has 5 heteroatoms. The molecule has 4 nitrogen and oxygen atoms in total. The Balaban J connectivity index is 1.55. The average Bonchev–Trinajstić information content (AvgIpc) is 2.60. The van der Waals surface area contributed by atoms with Crippen LogP contribution in [0.4, 0.5) is 0 Å². The summed E-state index contributed by atoms with van der Waals surface area (Å²) in [6, 6.07) is 7.50. The molecule has 1 aromatic carbocycles. The van der Waals surface area contributed by atoms with Gasteiger partial charge in [-0.05, 0) is 49.8 Å². The van der Waals surface area contributed by atoms with Gasteiger partial charge in [0.1, 0.15) is 0 Å². The molecular weight excluding hydrogens is 368 g/mol. The quantitative estimate of drug-likeness (QED) is 0.771. The fourth-order valence-corrected chi connectivity index (χ4v) is 4.18. The van der Waals surface area contributed by atoms with Gasteiger partial charge in [0.05, 0.1) is 0 Å². The molecule has 0 saturated carbocycles. The van der Waals surface area contributed by atoms with Crippen molar-refractivity contribution in [2.24, 2.45) is 11.8 Å². The second-order valence-electron chi connectivity index (χ2n) is 7.11. The van der Waals surface area contributed by atoms with Gasteiger partial charge < -0.3 is 9.80 Å². The molecule has 0 radical (unpaired) electrons. The normalized spacial score (nSPS) is 22.5. The van der Waals surface area contributed by atoms with Gasteiger partial charge in [0, 0.05) is 42.1 Å². The van der Waals surface area contributed by atoms with E-state index in [9.17, 15) is 9.59 Å². The number of rotatable bonds is 2. The maximum atomic E-state index is 12.7. The predicted molar refractivity (Wildman–Crippen MR) is 97.7 cm³/mol. The van der Waals surface area contributed by atoms with Crippen LogP contribution in [0.25, 0.3) is 0 Å². The summed E-state index contributed by atoms with van der Waals surface area (Å²) in [5.74, 6) is 1.06. The Labute approximate surface area is 152 Å². The molecule has 2 amide bonds. The molecule has 2 aliphatic rings. The van der Waals surface area contributed by atoms with Crippen LogP contribution >= 0.6 is 15.9 Å². The first kappa shape index (κ1) is 17.5. The number of nitrogens with zero attached hydrogens (tertiary/aromatic N) is 2. The minimum absolute atomic E-state index is 0.0637. The molecule has 0 aromatic heterocycles. The van der Waals surface area contributed by atoms with Crippen molar-refractivity contribution in [2.75, 3.05) is 26.2 Å². The van der Waals surface area contributed by atoms with Crippen molar-refractivity contribution in [1.29, 1.82) is 0 Å². The fraction of sp³-hybridized carbons (Fsp3) is 0.579. The fourth-order valence-electron chi connectivity index (χ4n) is 3.78. The topological polar surface area (TPSA) is 40.6 Å². The van der Waals surface area contributed by atoms with Gasteiger partial charge >= 0.3 is 0 Å². The molecule has 1 atom stereocenters. The maximum Gasteiger partial charge on any atom is 0.253 e. The Morgan fingerprint density at radius 1 is 1.08 bits per heavy atom. The summed E-state index contributed by atoms with van der Waals surface area (Å²) >= 11 is 3.41. The summed E-state index contributed by atoms with van der Waals surface area (Å²) in [7, 11) is 0. The Hall–Kier alpha value is -1.36. The molecule has 0 bridgehead atoms. The van der Waals surface area contributed by atoms with Crippen molar-refractivity contribution < 1.29 is 9.59 Å². The molecule has 2 heterocycles. The van der Waals surface area contributed by atoms with Crippen molar-refractivity contribution in [3.63, 3.8) is 0 Å². The highest BCUT2D eigenvalue weighted by molar-refractivity contribution is 9.10. The second-order valence-corrected chi connectivity index (χ2v) is 8.02. The molecule has 2 saturated heterocycles. The largest absolute Gasteiger partial charge is 0.342 e. The van der Waals surface area contributed by atoms with Gasteiger partial charge in [-0.15, -0.1) is 0 Å². The number of benzene rings is 1. The molecule has 2 fully saturated rings. The molecule has 24 heavy (non-hydrogen) atoms. The van der Waals surface area contributed by atoms with Crippen molar-refractivity contribution in [3.05, 3.63) is 34.3 Å². The number of hydrogen-bond donors (Lipinski definition) is 0. The smallest absolute Gasteiger partial charge is 0.253 e. The van der Waals surface area contributed by atoms with Gasteiger partial charge in [-0.25, -0.2) is 0 Å². The van der Waals surface area contributed by atoms with Crippen molar-refractivity contribution in [1.82, 2.24) is 9.80 Å². The standard InChI is InChI=1S/C19H25BrN2O2/c1-14-4-3-9-22(13-14)18(23)15-7-10-21(11-8-15)19(24)16-5-2-6-17(20)12-16/h2,5-6,12,14-15H,3-4,7-11,13H2,1H3. The average molecular weight is 393 g/mol. The Morgan fingerprint density at radius 3 is 2.50 bits per heavy atom. The van der Waals surface area contributed by atoms with Crippen LogP contribution < -0.4 is 0 Å². The highest BCUT2D eigenvalue weighted by Gasteiger charge is 2.31. The third-order valence-corrected chi connectivity index (χ3v) is 5.66. The minimum atomic E-state index is 0.0637. The maximum absolute atomic E-state index is 12.7. The van der Waals surface area contributed by atoms with Gasteiger partial charge in [0.15, 0.2) is 0 Å². The number of amides is 2. The highest BCUT2D eigenvalue weighted by Crippen LogP contribution is 2.24. The number of carbonyl (C=O) groups is 2. The zero-order chi connectivity index (χ0) is 17.1. The first-order valence-corrected chi connectivity index (χ1v) is 9.67. The van der Waals surface area contributed by atoms with E-state index in [4.69, 9.17) is 0 Å². The third-order valence-electron chi connectivity index (χ3n) is 5.17. The summed E-state index contributed by atoms with van der Waals surface area (Å²) in [5.41, 5.74) is 0.707.